The molecule has 2 saturated heterocycles. The first kappa shape index (κ1) is 43.7. The Kier molecular flexibility index (Phi) is 12.8. The molecule has 2 aliphatic heterocycles. The highest BCUT2D eigenvalue weighted by atomic mass is 32.1. The van der Waals surface area contributed by atoms with Crippen LogP contribution >= 0.6 is 24.4 Å². The van der Waals surface area contributed by atoms with Gasteiger partial charge in [0.05, 0.1) is 19.8 Å². The second-order valence-corrected chi connectivity index (χ2v) is 16.9. The number of nitrogens with one attached hydrogen (secondary N) is 4. The van der Waals surface area contributed by atoms with E-state index in [0.717, 1.165) is 80.6 Å². The number of anilines is 2. The summed E-state index contributed by atoms with van der Waals surface area (Å²) in [6.45, 7) is 15.9. The van der Waals surface area contributed by atoms with Crippen molar-refractivity contribution >= 4 is 57.9 Å². The predicted octanol–water partition coefficient (Wildman–Crippen LogP) is 7.42. The predicted molar refractivity (Wildman–Crippen MR) is 266 cm³/mol. The van der Waals surface area contributed by atoms with Gasteiger partial charge in [0, 0.05) is 75.1 Å². The molecule has 66 heavy (non-hydrogen) atoms. The average molecular weight is 919 g/mol. The number of H-pyrrole nitrogens is 4. The molecule has 4 N–H and O–H groups in total. The van der Waals surface area contributed by atoms with Gasteiger partial charge in [-0.3, -0.25) is 30.0 Å². The molecule has 10 rings (SSSR count). The molecular formula is C49H50N12O3S2. The number of allylic oxidation sites excluding steroid dienone is 2. The molecule has 2 atom stereocenters. The number of rotatable bonds is 11. The van der Waals surface area contributed by atoms with Crippen LogP contribution in [0.4, 0.5) is 11.4 Å². The largest absolute Gasteiger partial charge is 0.497 e. The summed E-state index contributed by atoms with van der Waals surface area (Å²) in [5, 5.41) is 11.5. The van der Waals surface area contributed by atoms with Crippen LogP contribution in [0.2, 0.25) is 0 Å². The highest BCUT2D eigenvalue weighted by molar-refractivity contribution is 7.71. The number of aromatic nitrogens is 8. The number of nitrogens with zero attached hydrogens (tertiary/aromatic N) is 8. The van der Waals surface area contributed by atoms with Crippen LogP contribution in [0.3, 0.4) is 0 Å². The molecule has 2 fully saturated rings. The maximum Gasteiger partial charge on any atom is 0.276 e. The molecule has 4 aromatic carbocycles. The Labute approximate surface area is 390 Å². The van der Waals surface area contributed by atoms with Crippen molar-refractivity contribution in [2.45, 2.75) is 12.1 Å². The first-order valence-corrected chi connectivity index (χ1v) is 22.5. The van der Waals surface area contributed by atoms with Gasteiger partial charge in [-0.2, -0.15) is 0 Å². The zero-order valence-electron chi connectivity index (χ0n) is 36.5. The van der Waals surface area contributed by atoms with E-state index < -0.39 is 0 Å². The molecule has 17 heteroatoms. The van der Waals surface area contributed by atoms with E-state index in [1.165, 1.54) is 11.4 Å². The van der Waals surface area contributed by atoms with Gasteiger partial charge < -0.3 is 33.5 Å². The van der Waals surface area contributed by atoms with Gasteiger partial charge in [-0.25, -0.2) is 9.97 Å². The molecule has 336 valence electrons. The fraction of sp³-hybridized carbons (Fsp3) is 0.224. The summed E-state index contributed by atoms with van der Waals surface area (Å²) in [6.07, 6.45) is 3.38. The third kappa shape index (κ3) is 8.82. The monoisotopic (exact) mass is 918 g/mol. The van der Waals surface area contributed by atoms with Gasteiger partial charge in [-0.1, -0.05) is 116 Å². The number of benzene rings is 4. The van der Waals surface area contributed by atoms with Crippen LogP contribution in [-0.2, 0) is 0 Å². The summed E-state index contributed by atoms with van der Waals surface area (Å²) in [6, 6.07) is 38.3. The molecule has 4 aromatic heterocycles. The van der Waals surface area contributed by atoms with Crippen molar-refractivity contribution in [3.8, 4) is 5.75 Å². The lowest BCUT2D eigenvalue weighted by Crippen LogP contribution is -2.47. The number of hydrogen-bond acceptors (Lipinski definition) is 11. The SMILES string of the molecule is C=C(C(c1ccccc1)n1cnc2[nH][nH]c(=O)c2c1=S)N1CCN(c2ccc(OC)cc2)CC1.C=C(C(c1ccccc1)n1cnc2[nH][nH]c(=O)c2c1=S)N1CCN(c2ccccc2)CC1. The molecule has 15 nitrogen and oxygen atoms in total. The maximum atomic E-state index is 12.3. The molecular weight excluding hydrogens is 869 g/mol. The highest BCUT2D eigenvalue weighted by Crippen LogP contribution is 2.32. The average Bonchev–Trinajstić information content (AvgIpc) is 3.96. The fourth-order valence-corrected chi connectivity index (χ4v) is 9.52. The smallest absolute Gasteiger partial charge is 0.276 e. The zero-order valence-corrected chi connectivity index (χ0v) is 38.1. The van der Waals surface area contributed by atoms with Gasteiger partial charge in [0.2, 0.25) is 0 Å². The van der Waals surface area contributed by atoms with Gasteiger partial charge in [0.15, 0.2) is 11.3 Å². The Balaban J connectivity index is 0.000000166. The number of hydrogen-bond donors (Lipinski definition) is 4. The standard InChI is InChI=1S/C25H26N6O2S.C24H24N6OS/c1-17(29-12-14-30(15-13-29)19-8-10-20(33-2)11-9-19)22(18-6-4-3-5-7-18)31-16-26-23-21(25(31)34)24(32)28-27-23;1-17(28-12-14-29(15-13-28)19-10-6-3-7-11-19)21(18-8-4-2-5-9-18)30-16-25-22-20(24(30)32)23(31)27-26-22/h3-11,16,22H,1,12-15H2,2H3,(H2,27,28,32);2-11,16,21H,1,12-15H2,(H2,26,27,31). The summed E-state index contributed by atoms with van der Waals surface area (Å²) in [5.41, 5.74) is 6.74. The summed E-state index contributed by atoms with van der Waals surface area (Å²) < 4.78 is 9.89. The van der Waals surface area contributed by atoms with Crippen LogP contribution in [-0.4, -0.2) is 109 Å². The van der Waals surface area contributed by atoms with E-state index in [-0.39, 0.29) is 23.2 Å². The molecule has 8 aromatic rings. The molecule has 0 aliphatic carbocycles. The highest BCUT2D eigenvalue weighted by Gasteiger charge is 2.28. The van der Waals surface area contributed by atoms with E-state index in [4.69, 9.17) is 29.2 Å². The molecule has 0 amide bonds. The van der Waals surface area contributed by atoms with Crippen molar-refractivity contribution in [1.29, 1.82) is 0 Å². The lowest BCUT2D eigenvalue weighted by atomic mass is 10.0. The van der Waals surface area contributed by atoms with Gasteiger partial charge in [-0.05, 0) is 47.5 Å². The summed E-state index contributed by atoms with van der Waals surface area (Å²) >= 11 is 11.5. The van der Waals surface area contributed by atoms with Crippen molar-refractivity contribution in [3.05, 3.63) is 194 Å². The van der Waals surface area contributed by atoms with Gasteiger partial charge >= 0.3 is 0 Å². The normalized spacial score (nSPS) is 15.0. The van der Waals surface area contributed by atoms with E-state index in [1.807, 2.05) is 63.7 Å². The minimum absolute atomic E-state index is 0.252. The van der Waals surface area contributed by atoms with Gasteiger partial charge in [-0.15, -0.1) is 0 Å². The van der Waals surface area contributed by atoms with Crippen LogP contribution < -0.4 is 25.7 Å². The Bertz CT molecular complexity index is 3200. The summed E-state index contributed by atoms with van der Waals surface area (Å²) in [4.78, 5) is 42.9. The number of ether oxygens (including phenoxy) is 1. The van der Waals surface area contributed by atoms with Crippen LogP contribution in [0.1, 0.15) is 23.2 Å². The molecule has 2 unspecified atom stereocenters. The third-order valence-electron chi connectivity index (χ3n) is 12.4. The topological polar surface area (TPSA) is 155 Å². The van der Waals surface area contributed by atoms with E-state index in [0.29, 0.717) is 31.3 Å². The van der Waals surface area contributed by atoms with Crippen molar-refractivity contribution in [2.75, 3.05) is 69.3 Å². The van der Waals surface area contributed by atoms with E-state index in [2.05, 4.69) is 124 Å². The molecule has 6 heterocycles. The number of aromatic amines is 4. The summed E-state index contributed by atoms with van der Waals surface area (Å²) in [7, 11) is 1.67. The minimum Gasteiger partial charge on any atom is -0.497 e. The second-order valence-electron chi connectivity index (χ2n) is 16.1. The first-order valence-electron chi connectivity index (χ1n) is 21.7. The van der Waals surface area contributed by atoms with Crippen LogP contribution in [0.5, 0.6) is 5.75 Å². The Morgan fingerprint density at radius 1 is 0.545 bits per heavy atom. The van der Waals surface area contributed by atoms with Crippen molar-refractivity contribution in [2.24, 2.45) is 0 Å². The third-order valence-corrected chi connectivity index (χ3v) is 13.2. The first-order chi connectivity index (χ1) is 32.2. The van der Waals surface area contributed by atoms with Crippen LogP contribution in [0.15, 0.2) is 162 Å². The van der Waals surface area contributed by atoms with Crippen LogP contribution in [0.25, 0.3) is 22.1 Å². The quantitative estimate of drug-likeness (QED) is 0.0959. The Morgan fingerprint density at radius 3 is 1.32 bits per heavy atom. The van der Waals surface area contributed by atoms with E-state index in [9.17, 15) is 9.59 Å². The number of fused-ring (bicyclic) bond motifs is 2. The fourth-order valence-electron chi connectivity index (χ4n) is 8.84. The molecule has 2 aliphatic rings. The molecule has 0 spiro atoms. The van der Waals surface area contributed by atoms with Crippen molar-refractivity contribution in [1.82, 2.24) is 49.3 Å². The zero-order chi connectivity index (χ0) is 45.7. The molecule has 0 bridgehead atoms. The number of para-hydroxylation sites is 1. The molecule has 0 radical (unpaired) electrons. The van der Waals surface area contributed by atoms with Crippen molar-refractivity contribution in [3.63, 3.8) is 0 Å². The minimum atomic E-state index is -0.271. The Morgan fingerprint density at radius 2 is 0.924 bits per heavy atom. The number of piperazine rings is 2. The maximum absolute atomic E-state index is 12.3. The van der Waals surface area contributed by atoms with E-state index >= 15 is 0 Å². The van der Waals surface area contributed by atoms with Gasteiger partial charge in [0.1, 0.15) is 37.9 Å². The summed E-state index contributed by atoms with van der Waals surface area (Å²) in [5.74, 6) is 0.852. The van der Waals surface area contributed by atoms with Crippen LogP contribution in [0, 0.1) is 9.28 Å². The van der Waals surface area contributed by atoms with Gasteiger partial charge in [0.25, 0.3) is 11.1 Å². The second kappa shape index (κ2) is 19.3. The van der Waals surface area contributed by atoms with E-state index in [1.54, 1.807) is 19.8 Å². The molecule has 0 saturated carbocycles. The number of methoxy groups -OCH3 is 1. The lowest BCUT2D eigenvalue weighted by molar-refractivity contribution is 0.294. The Hall–Kier alpha value is -7.50. The lowest BCUT2D eigenvalue weighted by Gasteiger charge is -2.40. The van der Waals surface area contributed by atoms with Crippen molar-refractivity contribution < 1.29 is 4.74 Å².